The van der Waals surface area contributed by atoms with Gasteiger partial charge in [0.1, 0.15) is 5.82 Å². The number of aromatic nitrogens is 1. The third-order valence-electron chi connectivity index (χ3n) is 3.52. The number of pyridine rings is 1. The number of nitrogens with zero attached hydrogens (tertiary/aromatic N) is 2. The Kier molecular flexibility index (Phi) is 4.00. The van der Waals surface area contributed by atoms with Gasteiger partial charge in [-0.2, -0.15) is 0 Å². The first-order chi connectivity index (χ1) is 8.15. The van der Waals surface area contributed by atoms with Crippen LogP contribution in [0.4, 0.5) is 5.82 Å². The molecule has 0 unspecified atom stereocenters. The highest BCUT2D eigenvalue weighted by atomic mass is 15.1. The van der Waals surface area contributed by atoms with Crippen LogP contribution in [0.5, 0.6) is 0 Å². The van der Waals surface area contributed by atoms with Crippen molar-refractivity contribution in [3.8, 4) is 0 Å². The van der Waals surface area contributed by atoms with Gasteiger partial charge in [0.05, 0.1) is 0 Å². The molecule has 1 N–H and O–H groups in total. The third kappa shape index (κ3) is 3.43. The van der Waals surface area contributed by atoms with Crippen LogP contribution in [0, 0.1) is 0 Å². The van der Waals surface area contributed by atoms with Crippen LogP contribution in [0.15, 0.2) is 18.3 Å². The summed E-state index contributed by atoms with van der Waals surface area (Å²) in [6.07, 6.45) is 4.41. The van der Waals surface area contributed by atoms with E-state index in [-0.39, 0.29) is 0 Å². The van der Waals surface area contributed by atoms with Crippen molar-refractivity contribution in [3.63, 3.8) is 0 Å². The molecule has 3 heteroatoms. The zero-order valence-corrected chi connectivity index (χ0v) is 11.1. The fourth-order valence-corrected chi connectivity index (χ4v) is 2.19. The molecular weight excluding hydrogens is 210 g/mol. The van der Waals surface area contributed by atoms with Gasteiger partial charge in [0.15, 0.2) is 0 Å². The van der Waals surface area contributed by atoms with Crippen LogP contribution in [-0.4, -0.2) is 36.1 Å². The van der Waals surface area contributed by atoms with Crippen molar-refractivity contribution in [1.82, 2.24) is 9.88 Å². The Morgan fingerprint density at radius 3 is 2.53 bits per heavy atom. The molecule has 0 aromatic carbocycles. The molecule has 1 saturated heterocycles. The smallest absolute Gasteiger partial charge is 0.126 e. The third-order valence-corrected chi connectivity index (χ3v) is 3.52. The standard InChI is InChI=1S/C14H23N3/c1-11(2)12-4-5-14(15-10-12)16-13-6-8-17(3)9-7-13/h4-5,10-11,13H,6-9H2,1-3H3,(H,15,16). The molecule has 0 amide bonds. The number of anilines is 1. The first-order valence-electron chi connectivity index (χ1n) is 6.56. The van der Waals surface area contributed by atoms with Crippen LogP contribution in [-0.2, 0) is 0 Å². The zero-order chi connectivity index (χ0) is 12.3. The summed E-state index contributed by atoms with van der Waals surface area (Å²) in [6.45, 7) is 6.76. The van der Waals surface area contributed by atoms with E-state index in [0.717, 1.165) is 5.82 Å². The predicted molar refractivity (Wildman–Crippen MR) is 72.5 cm³/mol. The fourth-order valence-electron chi connectivity index (χ4n) is 2.19. The molecule has 0 aliphatic carbocycles. The van der Waals surface area contributed by atoms with Crippen LogP contribution in [0.3, 0.4) is 0 Å². The molecule has 17 heavy (non-hydrogen) atoms. The Hall–Kier alpha value is -1.09. The maximum absolute atomic E-state index is 4.49. The normalized spacial score (nSPS) is 18.6. The topological polar surface area (TPSA) is 28.2 Å². The van der Waals surface area contributed by atoms with Crippen molar-refractivity contribution in [2.24, 2.45) is 0 Å². The van der Waals surface area contributed by atoms with E-state index in [4.69, 9.17) is 0 Å². The van der Waals surface area contributed by atoms with Gasteiger partial charge in [0.25, 0.3) is 0 Å². The summed E-state index contributed by atoms with van der Waals surface area (Å²) in [6, 6.07) is 4.87. The minimum atomic E-state index is 0.555. The number of hydrogen-bond donors (Lipinski definition) is 1. The lowest BCUT2D eigenvalue weighted by molar-refractivity contribution is 0.263. The summed E-state index contributed by atoms with van der Waals surface area (Å²) in [5, 5.41) is 3.53. The van der Waals surface area contributed by atoms with Gasteiger partial charge < -0.3 is 10.2 Å². The number of likely N-dealkylation sites (tertiary alicyclic amines) is 1. The molecule has 2 heterocycles. The maximum atomic E-state index is 4.49. The van der Waals surface area contributed by atoms with Crippen molar-refractivity contribution in [2.45, 2.75) is 38.6 Å². The van der Waals surface area contributed by atoms with Crippen molar-refractivity contribution >= 4 is 5.82 Å². The number of hydrogen-bond acceptors (Lipinski definition) is 3. The Labute approximate surface area is 104 Å². The molecule has 1 aromatic heterocycles. The molecular formula is C14H23N3. The number of nitrogens with one attached hydrogen (secondary N) is 1. The van der Waals surface area contributed by atoms with E-state index in [0.29, 0.717) is 12.0 Å². The highest BCUT2D eigenvalue weighted by Gasteiger charge is 2.16. The van der Waals surface area contributed by atoms with Gasteiger partial charge in [-0.3, -0.25) is 0 Å². The SMILES string of the molecule is CC(C)c1ccc(NC2CCN(C)CC2)nc1. The van der Waals surface area contributed by atoms with E-state index in [1.807, 2.05) is 6.20 Å². The second-order valence-corrected chi connectivity index (χ2v) is 5.35. The molecule has 0 radical (unpaired) electrons. The molecule has 3 nitrogen and oxygen atoms in total. The zero-order valence-electron chi connectivity index (χ0n) is 11.1. The van der Waals surface area contributed by atoms with Gasteiger partial charge in [0, 0.05) is 12.2 Å². The monoisotopic (exact) mass is 233 g/mol. The summed E-state index contributed by atoms with van der Waals surface area (Å²) < 4.78 is 0. The number of rotatable bonds is 3. The molecule has 1 aliphatic rings. The van der Waals surface area contributed by atoms with Gasteiger partial charge in [0.2, 0.25) is 0 Å². The quantitative estimate of drug-likeness (QED) is 0.870. The van der Waals surface area contributed by atoms with E-state index in [2.05, 4.69) is 48.2 Å². The van der Waals surface area contributed by atoms with E-state index in [9.17, 15) is 0 Å². The van der Waals surface area contributed by atoms with E-state index < -0.39 is 0 Å². The molecule has 0 bridgehead atoms. The van der Waals surface area contributed by atoms with Gasteiger partial charge in [-0.25, -0.2) is 4.98 Å². The Morgan fingerprint density at radius 2 is 2.00 bits per heavy atom. The van der Waals surface area contributed by atoms with Gasteiger partial charge >= 0.3 is 0 Å². The molecule has 2 rings (SSSR count). The van der Waals surface area contributed by atoms with E-state index >= 15 is 0 Å². The highest BCUT2D eigenvalue weighted by Crippen LogP contribution is 2.17. The maximum Gasteiger partial charge on any atom is 0.126 e. The first kappa shape index (κ1) is 12.4. The van der Waals surface area contributed by atoms with Gasteiger partial charge in [-0.15, -0.1) is 0 Å². The second kappa shape index (κ2) is 5.50. The molecule has 94 valence electrons. The average Bonchev–Trinajstić information content (AvgIpc) is 2.33. The number of piperidine rings is 1. The molecule has 0 atom stereocenters. The van der Waals surface area contributed by atoms with Gasteiger partial charge in [-0.05, 0) is 50.5 Å². The largest absolute Gasteiger partial charge is 0.367 e. The minimum absolute atomic E-state index is 0.555. The van der Waals surface area contributed by atoms with Crippen LogP contribution in [0.25, 0.3) is 0 Å². The van der Waals surface area contributed by atoms with E-state index in [1.54, 1.807) is 0 Å². The molecule has 1 fully saturated rings. The Bertz CT molecular complexity index is 337. The van der Waals surface area contributed by atoms with Crippen molar-refractivity contribution in [1.29, 1.82) is 0 Å². The van der Waals surface area contributed by atoms with E-state index in [1.165, 1.54) is 31.5 Å². The van der Waals surface area contributed by atoms with Crippen LogP contribution >= 0.6 is 0 Å². The molecule has 1 aliphatic heterocycles. The van der Waals surface area contributed by atoms with Crippen LogP contribution in [0.1, 0.15) is 38.2 Å². The summed E-state index contributed by atoms with van der Waals surface area (Å²) in [5.74, 6) is 1.57. The lowest BCUT2D eigenvalue weighted by Crippen LogP contribution is -2.36. The summed E-state index contributed by atoms with van der Waals surface area (Å²) in [4.78, 5) is 6.87. The lowest BCUT2D eigenvalue weighted by atomic mass is 10.0. The summed E-state index contributed by atoms with van der Waals surface area (Å²) in [5.41, 5.74) is 1.30. The molecule has 0 saturated carbocycles. The van der Waals surface area contributed by atoms with Gasteiger partial charge in [-0.1, -0.05) is 19.9 Å². The Balaban J connectivity index is 1.90. The highest BCUT2D eigenvalue weighted by molar-refractivity contribution is 5.37. The van der Waals surface area contributed by atoms with Crippen molar-refractivity contribution in [2.75, 3.05) is 25.5 Å². The first-order valence-corrected chi connectivity index (χ1v) is 6.56. The molecule has 0 spiro atoms. The Morgan fingerprint density at radius 1 is 1.29 bits per heavy atom. The van der Waals surface area contributed by atoms with Crippen molar-refractivity contribution < 1.29 is 0 Å². The average molecular weight is 233 g/mol. The summed E-state index contributed by atoms with van der Waals surface area (Å²) >= 11 is 0. The van der Waals surface area contributed by atoms with Crippen molar-refractivity contribution in [3.05, 3.63) is 23.9 Å². The summed E-state index contributed by atoms with van der Waals surface area (Å²) in [7, 11) is 2.19. The fraction of sp³-hybridized carbons (Fsp3) is 0.643. The minimum Gasteiger partial charge on any atom is -0.367 e. The van der Waals surface area contributed by atoms with Crippen LogP contribution < -0.4 is 5.32 Å². The predicted octanol–water partition coefficient (Wildman–Crippen LogP) is 2.71. The lowest BCUT2D eigenvalue weighted by Gasteiger charge is -2.29. The van der Waals surface area contributed by atoms with Crippen LogP contribution in [0.2, 0.25) is 0 Å². The second-order valence-electron chi connectivity index (χ2n) is 5.35. The molecule has 1 aromatic rings.